The first-order valence-electron chi connectivity index (χ1n) is 7.21. The summed E-state index contributed by atoms with van der Waals surface area (Å²) in [6, 6.07) is 1.46. The molecule has 0 amide bonds. The van der Waals surface area contributed by atoms with Gasteiger partial charge < -0.3 is 19.7 Å². The van der Waals surface area contributed by atoms with E-state index in [9.17, 15) is 14.7 Å². The number of pyridine rings is 2. The van der Waals surface area contributed by atoms with Crippen LogP contribution in [-0.4, -0.2) is 45.3 Å². The van der Waals surface area contributed by atoms with Crippen LogP contribution in [-0.2, 0) is 9.53 Å². The number of hydrogen-bond donors (Lipinski definition) is 2. The van der Waals surface area contributed by atoms with Crippen molar-refractivity contribution in [2.24, 2.45) is 0 Å². The summed E-state index contributed by atoms with van der Waals surface area (Å²) in [4.78, 5) is 30.7. The highest BCUT2D eigenvalue weighted by molar-refractivity contribution is 5.99. The van der Waals surface area contributed by atoms with Crippen LogP contribution in [0.4, 0.5) is 0 Å². The highest BCUT2D eigenvalue weighted by Gasteiger charge is 2.18. The predicted molar refractivity (Wildman–Crippen MR) is 85.0 cm³/mol. The van der Waals surface area contributed by atoms with E-state index in [2.05, 4.69) is 9.97 Å². The topological polar surface area (TPSA) is 119 Å². The van der Waals surface area contributed by atoms with Crippen LogP contribution in [0.2, 0.25) is 0 Å². The van der Waals surface area contributed by atoms with E-state index in [1.165, 1.54) is 12.1 Å². The summed E-state index contributed by atoms with van der Waals surface area (Å²) in [5.41, 5.74) is 0.319. The van der Waals surface area contributed by atoms with E-state index in [0.717, 1.165) is 12.3 Å². The summed E-state index contributed by atoms with van der Waals surface area (Å²) in [5, 5.41) is 19.2. The quantitative estimate of drug-likeness (QED) is 0.609. The summed E-state index contributed by atoms with van der Waals surface area (Å²) >= 11 is 0. The molecule has 8 heteroatoms. The molecule has 8 nitrogen and oxygen atoms in total. The zero-order valence-corrected chi connectivity index (χ0v) is 13.1. The molecule has 2 aromatic heterocycles. The number of carboxylic acid groups (broad SMARTS) is 1. The number of hydrogen-bond acceptors (Lipinski definition) is 7. The van der Waals surface area contributed by atoms with Gasteiger partial charge in [-0.05, 0) is 26.0 Å². The molecule has 2 rings (SSSR count). The van der Waals surface area contributed by atoms with E-state index >= 15 is 0 Å². The maximum Gasteiger partial charge on any atom is 0.343 e. The molecule has 2 heterocycles. The third-order valence-corrected chi connectivity index (χ3v) is 3.00. The first kappa shape index (κ1) is 17.2. The number of aliphatic carboxylic acids is 1. The fourth-order valence-corrected chi connectivity index (χ4v) is 2.00. The van der Waals surface area contributed by atoms with Crippen molar-refractivity contribution in [3.8, 4) is 11.5 Å². The van der Waals surface area contributed by atoms with Crippen LogP contribution in [0.3, 0.4) is 0 Å². The van der Waals surface area contributed by atoms with Gasteiger partial charge in [0.25, 0.3) is 0 Å². The van der Waals surface area contributed by atoms with Gasteiger partial charge in [-0.25, -0.2) is 19.6 Å². The summed E-state index contributed by atoms with van der Waals surface area (Å²) in [6.07, 6.45) is 3.35. The molecule has 0 aliphatic carbocycles. The second-order valence-electron chi connectivity index (χ2n) is 4.59. The average molecular weight is 332 g/mol. The molecule has 2 N–H and O–H groups in total. The molecule has 0 unspecified atom stereocenters. The SMILES string of the molecule is CCOC(=O)c1cnc2nc(C=CC(=O)O)c(OCC)cc2c1O. The van der Waals surface area contributed by atoms with E-state index in [-0.39, 0.29) is 40.4 Å². The van der Waals surface area contributed by atoms with E-state index < -0.39 is 11.9 Å². The Bertz CT molecular complexity index is 816. The fraction of sp³-hybridized carbons (Fsp3) is 0.250. The van der Waals surface area contributed by atoms with Gasteiger partial charge in [-0.3, -0.25) is 0 Å². The third kappa shape index (κ3) is 3.60. The normalized spacial score (nSPS) is 10.9. The van der Waals surface area contributed by atoms with Gasteiger partial charge in [-0.15, -0.1) is 0 Å². The van der Waals surface area contributed by atoms with Crippen molar-refractivity contribution in [1.29, 1.82) is 0 Å². The largest absolute Gasteiger partial charge is 0.506 e. The van der Waals surface area contributed by atoms with Crippen molar-refractivity contribution in [1.82, 2.24) is 9.97 Å². The molecule has 0 aliphatic heterocycles. The molecule has 2 aromatic rings. The maximum atomic E-state index is 11.8. The van der Waals surface area contributed by atoms with Crippen LogP contribution in [0.25, 0.3) is 17.1 Å². The number of carboxylic acids is 1. The molecule has 0 spiro atoms. The van der Waals surface area contributed by atoms with Crippen LogP contribution in [0.1, 0.15) is 29.9 Å². The number of aromatic hydroxyl groups is 1. The fourth-order valence-electron chi connectivity index (χ4n) is 2.00. The van der Waals surface area contributed by atoms with Crippen LogP contribution in [0.5, 0.6) is 11.5 Å². The molecule has 24 heavy (non-hydrogen) atoms. The summed E-state index contributed by atoms with van der Waals surface area (Å²) < 4.78 is 10.3. The first-order chi connectivity index (χ1) is 11.5. The highest BCUT2D eigenvalue weighted by Crippen LogP contribution is 2.31. The minimum Gasteiger partial charge on any atom is -0.506 e. The Morgan fingerprint density at radius 2 is 2.04 bits per heavy atom. The molecule has 0 fully saturated rings. The van der Waals surface area contributed by atoms with Crippen molar-refractivity contribution in [2.75, 3.05) is 13.2 Å². The second-order valence-corrected chi connectivity index (χ2v) is 4.59. The van der Waals surface area contributed by atoms with Gasteiger partial charge in [-0.2, -0.15) is 0 Å². The van der Waals surface area contributed by atoms with Gasteiger partial charge in [0.15, 0.2) is 5.65 Å². The van der Waals surface area contributed by atoms with Crippen molar-refractivity contribution in [3.05, 3.63) is 29.6 Å². The Balaban J connectivity index is 2.61. The number of esters is 1. The number of carbonyl (C=O) groups is 2. The van der Waals surface area contributed by atoms with Gasteiger partial charge in [0.1, 0.15) is 22.8 Å². The number of rotatable bonds is 6. The van der Waals surface area contributed by atoms with Gasteiger partial charge >= 0.3 is 11.9 Å². The number of nitrogens with zero attached hydrogens (tertiary/aromatic N) is 2. The van der Waals surface area contributed by atoms with E-state index in [0.29, 0.717) is 6.61 Å². The standard InChI is InChI=1S/C16H16N2O6/c1-3-23-12-7-9-14(21)10(16(22)24-4-2)8-17-15(9)18-11(12)5-6-13(19)20/h5-8H,3-4H2,1-2H3,(H,19,20)(H,17,18,21). The molecule has 0 saturated heterocycles. The molecule has 0 saturated carbocycles. The van der Waals surface area contributed by atoms with E-state index in [1.807, 2.05) is 0 Å². The lowest BCUT2D eigenvalue weighted by atomic mass is 10.1. The Hall–Kier alpha value is -3.16. The molecule has 0 bridgehead atoms. The smallest absolute Gasteiger partial charge is 0.343 e. The molecule has 0 atom stereocenters. The van der Waals surface area contributed by atoms with E-state index in [1.54, 1.807) is 13.8 Å². The van der Waals surface area contributed by atoms with Crippen LogP contribution in [0.15, 0.2) is 18.3 Å². The predicted octanol–water partition coefficient (Wildman–Crippen LogP) is 2.01. The Morgan fingerprint density at radius 3 is 2.67 bits per heavy atom. The average Bonchev–Trinajstić information content (AvgIpc) is 2.54. The van der Waals surface area contributed by atoms with Gasteiger partial charge in [0.05, 0.1) is 18.6 Å². The first-order valence-corrected chi connectivity index (χ1v) is 7.21. The molecule has 0 aromatic carbocycles. The minimum atomic E-state index is -1.13. The van der Waals surface area contributed by atoms with Gasteiger partial charge in [-0.1, -0.05) is 0 Å². The van der Waals surface area contributed by atoms with Crippen molar-refractivity contribution in [3.63, 3.8) is 0 Å². The molecular formula is C16H16N2O6. The summed E-state index contributed by atoms with van der Waals surface area (Å²) in [7, 11) is 0. The maximum absolute atomic E-state index is 11.8. The minimum absolute atomic E-state index is 0.0811. The number of fused-ring (bicyclic) bond motifs is 1. The van der Waals surface area contributed by atoms with Crippen molar-refractivity contribution < 1.29 is 29.3 Å². The lowest BCUT2D eigenvalue weighted by Crippen LogP contribution is -2.06. The monoisotopic (exact) mass is 332 g/mol. The Morgan fingerprint density at radius 1 is 1.29 bits per heavy atom. The number of ether oxygens (including phenoxy) is 2. The lowest BCUT2D eigenvalue weighted by Gasteiger charge is -2.10. The number of aromatic nitrogens is 2. The Kier molecular flexibility index (Phi) is 5.31. The summed E-state index contributed by atoms with van der Waals surface area (Å²) in [5.74, 6) is -1.88. The lowest BCUT2D eigenvalue weighted by molar-refractivity contribution is -0.131. The van der Waals surface area contributed by atoms with Crippen molar-refractivity contribution >= 4 is 29.0 Å². The molecular weight excluding hydrogens is 316 g/mol. The van der Waals surface area contributed by atoms with Crippen LogP contribution < -0.4 is 4.74 Å². The van der Waals surface area contributed by atoms with Crippen molar-refractivity contribution in [2.45, 2.75) is 13.8 Å². The van der Waals surface area contributed by atoms with Crippen LogP contribution in [0, 0.1) is 0 Å². The molecule has 0 radical (unpaired) electrons. The highest BCUT2D eigenvalue weighted by atomic mass is 16.5. The van der Waals surface area contributed by atoms with Crippen LogP contribution >= 0.6 is 0 Å². The Labute approximate surface area is 137 Å². The zero-order chi connectivity index (χ0) is 17.7. The zero-order valence-electron chi connectivity index (χ0n) is 13.1. The third-order valence-electron chi connectivity index (χ3n) is 3.00. The van der Waals surface area contributed by atoms with Gasteiger partial charge in [0, 0.05) is 12.3 Å². The second kappa shape index (κ2) is 7.40. The van der Waals surface area contributed by atoms with E-state index in [4.69, 9.17) is 14.6 Å². The number of carbonyl (C=O) groups excluding carboxylic acids is 1. The molecule has 126 valence electrons. The summed E-state index contributed by atoms with van der Waals surface area (Å²) in [6.45, 7) is 3.88. The molecule has 0 aliphatic rings. The van der Waals surface area contributed by atoms with Gasteiger partial charge in [0.2, 0.25) is 0 Å².